The van der Waals surface area contributed by atoms with Gasteiger partial charge in [0.25, 0.3) is 0 Å². The minimum Gasteiger partial charge on any atom is -0.480 e. The first-order chi connectivity index (χ1) is 7.70. The predicted octanol–water partition coefficient (Wildman–Crippen LogP) is 1.49. The lowest BCUT2D eigenvalue weighted by atomic mass is 9.91. The lowest BCUT2D eigenvalue weighted by Gasteiger charge is -2.41. The summed E-state index contributed by atoms with van der Waals surface area (Å²) in [5, 5.41) is 9.48. The lowest BCUT2D eigenvalue weighted by Crippen LogP contribution is -2.56. The molecule has 0 spiro atoms. The number of hydrogen-bond donors (Lipinski definition) is 1. The molecular formula is C12H21NO3. The normalized spacial score (nSPS) is 36.4. The predicted molar refractivity (Wildman–Crippen MR) is 60.4 cm³/mol. The van der Waals surface area contributed by atoms with Gasteiger partial charge in [0.1, 0.15) is 5.54 Å². The molecule has 0 bridgehead atoms. The van der Waals surface area contributed by atoms with E-state index in [1.807, 2.05) is 6.92 Å². The SMILES string of the molecule is CCC1(C(=O)O)CCCN1C1CCCOC1. The van der Waals surface area contributed by atoms with Crippen LogP contribution >= 0.6 is 0 Å². The minimum atomic E-state index is -0.655. The second-order valence-corrected chi connectivity index (χ2v) is 4.86. The zero-order chi connectivity index (χ0) is 11.6. The smallest absolute Gasteiger partial charge is 0.324 e. The number of hydrogen-bond acceptors (Lipinski definition) is 3. The van der Waals surface area contributed by atoms with Gasteiger partial charge in [-0.2, -0.15) is 0 Å². The number of likely N-dealkylation sites (tertiary alicyclic amines) is 1. The van der Waals surface area contributed by atoms with Crippen molar-refractivity contribution in [2.75, 3.05) is 19.8 Å². The highest BCUT2D eigenvalue weighted by molar-refractivity contribution is 5.79. The van der Waals surface area contributed by atoms with Crippen LogP contribution in [0, 0.1) is 0 Å². The fourth-order valence-corrected chi connectivity index (χ4v) is 3.16. The van der Waals surface area contributed by atoms with E-state index >= 15 is 0 Å². The molecule has 2 saturated heterocycles. The summed E-state index contributed by atoms with van der Waals surface area (Å²) in [6.45, 7) is 4.43. The number of ether oxygens (including phenoxy) is 1. The van der Waals surface area contributed by atoms with Gasteiger partial charge in [-0.3, -0.25) is 9.69 Å². The Bertz CT molecular complexity index is 263. The summed E-state index contributed by atoms with van der Waals surface area (Å²) < 4.78 is 5.48. The number of nitrogens with zero attached hydrogens (tertiary/aromatic N) is 1. The quantitative estimate of drug-likeness (QED) is 0.793. The summed E-state index contributed by atoms with van der Waals surface area (Å²) in [5.74, 6) is -0.655. The van der Waals surface area contributed by atoms with Crippen molar-refractivity contribution >= 4 is 5.97 Å². The Morgan fingerprint density at radius 3 is 2.94 bits per heavy atom. The summed E-state index contributed by atoms with van der Waals surface area (Å²) in [6, 6.07) is 0.312. The molecule has 0 saturated carbocycles. The van der Waals surface area contributed by atoms with Crippen LogP contribution in [0.2, 0.25) is 0 Å². The van der Waals surface area contributed by atoms with Gasteiger partial charge in [0.15, 0.2) is 0 Å². The molecule has 0 aromatic carbocycles. The highest BCUT2D eigenvalue weighted by Crippen LogP contribution is 2.36. The van der Waals surface area contributed by atoms with Crippen LogP contribution in [0.25, 0.3) is 0 Å². The second-order valence-electron chi connectivity index (χ2n) is 4.86. The molecule has 2 atom stereocenters. The van der Waals surface area contributed by atoms with Gasteiger partial charge < -0.3 is 9.84 Å². The summed E-state index contributed by atoms with van der Waals surface area (Å²) in [5.41, 5.74) is -0.620. The van der Waals surface area contributed by atoms with E-state index in [1.54, 1.807) is 0 Å². The summed E-state index contributed by atoms with van der Waals surface area (Å²) in [4.78, 5) is 13.7. The lowest BCUT2D eigenvalue weighted by molar-refractivity contribution is -0.153. The topological polar surface area (TPSA) is 49.8 Å². The van der Waals surface area contributed by atoms with Crippen molar-refractivity contribution in [2.45, 2.75) is 50.6 Å². The van der Waals surface area contributed by atoms with Crippen LogP contribution < -0.4 is 0 Å². The molecule has 2 heterocycles. The first-order valence-electron chi connectivity index (χ1n) is 6.28. The van der Waals surface area contributed by atoms with Crippen LogP contribution in [-0.2, 0) is 9.53 Å². The summed E-state index contributed by atoms with van der Waals surface area (Å²) >= 11 is 0. The Balaban J connectivity index is 2.14. The van der Waals surface area contributed by atoms with E-state index in [0.29, 0.717) is 19.1 Å². The standard InChI is InChI=1S/C12H21NO3/c1-2-12(11(14)15)6-4-7-13(12)10-5-3-8-16-9-10/h10H,2-9H2,1H3,(H,14,15). The molecule has 4 nitrogen and oxygen atoms in total. The Kier molecular flexibility index (Phi) is 3.50. The van der Waals surface area contributed by atoms with Gasteiger partial charge >= 0.3 is 5.97 Å². The van der Waals surface area contributed by atoms with E-state index in [1.165, 1.54) is 0 Å². The first kappa shape index (κ1) is 11.9. The van der Waals surface area contributed by atoms with E-state index in [2.05, 4.69) is 4.90 Å². The van der Waals surface area contributed by atoms with E-state index in [-0.39, 0.29) is 0 Å². The number of carboxylic acid groups (broad SMARTS) is 1. The Labute approximate surface area is 96.6 Å². The molecule has 2 aliphatic heterocycles. The first-order valence-corrected chi connectivity index (χ1v) is 6.28. The van der Waals surface area contributed by atoms with Crippen molar-refractivity contribution in [1.82, 2.24) is 4.90 Å². The molecule has 0 aromatic rings. The number of aliphatic carboxylic acids is 1. The van der Waals surface area contributed by atoms with Gasteiger partial charge in [-0.1, -0.05) is 6.92 Å². The van der Waals surface area contributed by atoms with Crippen LogP contribution in [0.5, 0.6) is 0 Å². The molecule has 1 N–H and O–H groups in total. The summed E-state index contributed by atoms with van der Waals surface area (Å²) in [7, 11) is 0. The molecule has 2 rings (SSSR count). The van der Waals surface area contributed by atoms with Gasteiger partial charge in [-0.05, 0) is 38.6 Å². The minimum absolute atomic E-state index is 0.312. The van der Waals surface area contributed by atoms with E-state index in [4.69, 9.17) is 4.74 Å². The molecule has 2 aliphatic rings. The third-order valence-corrected chi connectivity index (χ3v) is 4.10. The average Bonchev–Trinajstić information content (AvgIpc) is 2.75. The van der Waals surface area contributed by atoms with Crippen LogP contribution in [0.4, 0.5) is 0 Å². The maximum Gasteiger partial charge on any atom is 0.324 e. The second kappa shape index (κ2) is 4.72. The molecule has 0 radical (unpaired) electrons. The number of carboxylic acids is 1. The highest BCUT2D eigenvalue weighted by atomic mass is 16.5. The Hall–Kier alpha value is -0.610. The van der Waals surface area contributed by atoms with Crippen LogP contribution in [-0.4, -0.2) is 47.3 Å². The van der Waals surface area contributed by atoms with Crippen molar-refractivity contribution in [1.29, 1.82) is 0 Å². The van der Waals surface area contributed by atoms with Gasteiger partial charge in [0, 0.05) is 12.6 Å². The maximum absolute atomic E-state index is 11.5. The van der Waals surface area contributed by atoms with Gasteiger partial charge in [-0.15, -0.1) is 0 Å². The summed E-state index contributed by atoms with van der Waals surface area (Å²) in [6.07, 6.45) is 4.61. The van der Waals surface area contributed by atoms with Gasteiger partial charge in [-0.25, -0.2) is 0 Å². The van der Waals surface area contributed by atoms with Crippen molar-refractivity contribution in [3.8, 4) is 0 Å². The molecule has 0 aromatic heterocycles. The molecule has 4 heteroatoms. The van der Waals surface area contributed by atoms with Crippen molar-refractivity contribution in [3.05, 3.63) is 0 Å². The van der Waals surface area contributed by atoms with Crippen LogP contribution in [0.3, 0.4) is 0 Å². The number of carbonyl (C=O) groups is 1. The van der Waals surface area contributed by atoms with Crippen LogP contribution in [0.15, 0.2) is 0 Å². The van der Waals surface area contributed by atoms with E-state index in [0.717, 1.165) is 38.8 Å². The molecule has 2 unspecified atom stereocenters. The maximum atomic E-state index is 11.5. The average molecular weight is 227 g/mol. The van der Waals surface area contributed by atoms with Gasteiger partial charge in [0.05, 0.1) is 6.61 Å². The highest BCUT2D eigenvalue weighted by Gasteiger charge is 2.48. The molecule has 0 amide bonds. The zero-order valence-electron chi connectivity index (χ0n) is 9.95. The Morgan fingerprint density at radius 2 is 2.38 bits per heavy atom. The molecule has 0 aliphatic carbocycles. The van der Waals surface area contributed by atoms with E-state index in [9.17, 15) is 9.90 Å². The molecule has 2 fully saturated rings. The fraction of sp³-hybridized carbons (Fsp3) is 0.917. The van der Waals surface area contributed by atoms with E-state index < -0.39 is 11.5 Å². The van der Waals surface area contributed by atoms with Crippen LogP contribution in [0.1, 0.15) is 39.0 Å². The largest absolute Gasteiger partial charge is 0.480 e. The van der Waals surface area contributed by atoms with Crippen molar-refractivity contribution < 1.29 is 14.6 Å². The third kappa shape index (κ3) is 1.84. The Morgan fingerprint density at radius 1 is 1.56 bits per heavy atom. The number of rotatable bonds is 3. The zero-order valence-corrected chi connectivity index (χ0v) is 9.95. The molecule has 92 valence electrons. The molecular weight excluding hydrogens is 206 g/mol. The van der Waals surface area contributed by atoms with Crippen molar-refractivity contribution in [3.63, 3.8) is 0 Å². The molecule has 16 heavy (non-hydrogen) atoms. The monoisotopic (exact) mass is 227 g/mol. The third-order valence-electron chi connectivity index (χ3n) is 4.10. The fourth-order valence-electron chi connectivity index (χ4n) is 3.16. The van der Waals surface area contributed by atoms with Gasteiger partial charge in [0.2, 0.25) is 0 Å². The van der Waals surface area contributed by atoms with Crippen molar-refractivity contribution in [2.24, 2.45) is 0 Å².